The summed E-state index contributed by atoms with van der Waals surface area (Å²) in [5.74, 6) is -1.00. The van der Waals surface area contributed by atoms with Crippen molar-refractivity contribution in [3.63, 3.8) is 0 Å². The lowest BCUT2D eigenvalue weighted by molar-refractivity contribution is -0.131. The van der Waals surface area contributed by atoms with E-state index in [1.54, 1.807) is 31.2 Å². The van der Waals surface area contributed by atoms with E-state index in [0.29, 0.717) is 5.56 Å². The van der Waals surface area contributed by atoms with Gasteiger partial charge in [0.15, 0.2) is 0 Å². The van der Waals surface area contributed by atoms with Gasteiger partial charge in [-0.25, -0.2) is 9.48 Å². The number of amides is 4. The topological polar surface area (TPSA) is 136 Å². The second kappa shape index (κ2) is 5.72. The van der Waals surface area contributed by atoms with Crippen LogP contribution in [0.25, 0.3) is 5.69 Å². The molecule has 0 unspecified atom stereocenters. The quantitative estimate of drug-likeness (QED) is 0.696. The van der Waals surface area contributed by atoms with Gasteiger partial charge in [-0.1, -0.05) is 12.1 Å². The van der Waals surface area contributed by atoms with Gasteiger partial charge in [-0.3, -0.25) is 14.5 Å². The second-order valence-electron chi connectivity index (χ2n) is 5.53. The van der Waals surface area contributed by atoms with E-state index in [-0.39, 0.29) is 13.0 Å². The molecule has 3 N–H and O–H groups in total. The fourth-order valence-corrected chi connectivity index (χ4v) is 2.54. The van der Waals surface area contributed by atoms with Crippen molar-refractivity contribution in [2.45, 2.75) is 18.9 Å². The van der Waals surface area contributed by atoms with Crippen molar-refractivity contribution in [3.8, 4) is 5.69 Å². The first-order valence-corrected chi connectivity index (χ1v) is 7.18. The number of nitrogens with two attached hydrogens (primary N) is 1. The molecule has 4 amide bonds. The Balaban J connectivity index is 1.84. The fraction of sp³-hybridized carbons (Fsp3) is 0.286. The van der Waals surface area contributed by atoms with Gasteiger partial charge in [0, 0.05) is 13.0 Å². The molecule has 1 fully saturated rings. The number of hydrogen-bond acceptors (Lipinski definition) is 6. The Labute approximate surface area is 136 Å². The van der Waals surface area contributed by atoms with Crippen LogP contribution in [0.15, 0.2) is 30.6 Å². The third-order valence-electron chi connectivity index (χ3n) is 3.91. The Hall–Kier alpha value is -3.30. The molecule has 2 aromatic rings. The minimum atomic E-state index is -1.20. The van der Waals surface area contributed by atoms with Crippen molar-refractivity contribution in [2.24, 2.45) is 5.73 Å². The molecule has 3 rings (SSSR count). The van der Waals surface area contributed by atoms with Gasteiger partial charge in [-0.2, -0.15) is 0 Å². The van der Waals surface area contributed by atoms with Crippen molar-refractivity contribution in [1.82, 2.24) is 30.4 Å². The molecule has 1 atom stereocenters. The molecule has 0 saturated carbocycles. The van der Waals surface area contributed by atoms with E-state index in [1.165, 1.54) is 11.0 Å². The maximum absolute atomic E-state index is 12.6. The summed E-state index contributed by atoms with van der Waals surface area (Å²) in [7, 11) is 0. The molecule has 1 aliphatic heterocycles. The number of nitrogens with zero attached hydrogens (tertiary/aromatic N) is 5. The first kappa shape index (κ1) is 15.6. The van der Waals surface area contributed by atoms with Gasteiger partial charge < -0.3 is 11.1 Å². The summed E-state index contributed by atoms with van der Waals surface area (Å²) in [5, 5.41) is 13.6. The van der Waals surface area contributed by atoms with E-state index in [1.807, 2.05) is 0 Å². The van der Waals surface area contributed by atoms with Crippen molar-refractivity contribution >= 4 is 17.8 Å². The minimum absolute atomic E-state index is 0.0434. The summed E-state index contributed by atoms with van der Waals surface area (Å²) in [4.78, 5) is 36.6. The number of benzene rings is 1. The van der Waals surface area contributed by atoms with Crippen molar-refractivity contribution in [3.05, 3.63) is 36.2 Å². The summed E-state index contributed by atoms with van der Waals surface area (Å²) in [6, 6.07) is 6.36. The SMILES string of the molecule is C[C@]1(c2ccc(-n3cnnn3)cc2)NC(=O)N(CCC(N)=O)C1=O. The minimum Gasteiger partial charge on any atom is -0.370 e. The number of tetrazole rings is 1. The van der Waals surface area contributed by atoms with Crippen LogP contribution in [-0.4, -0.2) is 49.5 Å². The lowest BCUT2D eigenvalue weighted by Gasteiger charge is -2.22. The molecule has 10 heteroatoms. The van der Waals surface area contributed by atoms with E-state index in [2.05, 4.69) is 20.8 Å². The van der Waals surface area contributed by atoms with Gasteiger partial charge in [0.1, 0.15) is 11.9 Å². The Morgan fingerprint density at radius 1 is 1.29 bits per heavy atom. The van der Waals surface area contributed by atoms with Crippen LogP contribution in [0.2, 0.25) is 0 Å². The molecule has 0 bridgehead atoms. The number of nitrogens with one attached hydrogen (secondary N) is 1. The number of carbonyl (C=O) groups excluding carboxylic acids is 3. The first-order valence-electron chi connectivity index (χ1n) is 7.18. The van der Waals surface area contributed by atoms with Crippen LogP contribution in [0.3, 0.4) is 0 Å². The van der Waals surface area contributed by atoms with Crippen LogP contribution in [-0.2, 0) is 15.1 Å². The molecule has 1 aromatic heterocycles. The average Bonchev–Trinajstić information content (AvgIpc) is 3.15. The zero-order valence-corrected chi connectivity index (χ0v) is 12.8. The van der Waals surface area contributed by atoms with Gasteiger partial charge in [0.2, 0.25) is 5.91 Å². The second-order valence-corrected chi connectivity index (χ2v) is 5.53. The Morgan fingerprint density at radius 3 is 2.58 bits per heavy atom. The van der Waals surface area contributed by atoms with E-state index in [9.17, 15) is 14.4 Å². The highest BCUT2D eigenvalue weighted by molar-refractivity contribution is 6.07. The first-order chi connectivity index (χ1) is 11.4. The van der Waals surface area contributed by atoms with E-state index >= 15 is 0 Å². The van der Waals surface area contributed by atoms with Crippen LogP contribution in [0.4, 0.5) is 4.79 Å². The van der Waals surface area contributed by atoms with Gasteiger partial charge in [0.05, 0.1) is 5.69 Å². The highest BCUT2D eigenvalue weighted by Crippen LogP contribution is 2.29. The molecule has 2 heterocycles. The van der Waals surface area contributed by atoms with Crippen LogP contribution in [0.1, 0.15) is 18.9 Å². The summed E-state index contributed by atoms with van der Waals surface area (Å²) in [6.07, 6.45) is 1.37. The zero-order valence-electron chi connectivity index (χ0n) is 12.8. The summed E-state index contributed by atoms with van der Waals surface area (Å²) >= 11 is 0. The number of carbonyl (C=O) groups is 3. The van der Waals surface area contributed by atoms with Gasteiger partial charge >= 0.3 is 6.03 Å². The lowest BCUT2D eigenvalue weighted by atomic mass is 9.92. The van der Waals surface area contributed by atoms with Gasteiger partial charge in [-0.05, 0) is 35.0 Å². The van der Waals surface area contributed by atoms with Crippen LogP contribution < -0.4 is 11.1 Å². The van der Waals surface area contributed by atoms with E-state index < -0.39 is 23.4 Å². The molecule has 0 aliphatic carbocycles. The number of hydrogen-bond donors (Lipinski definition) is 2. The fourth-order valence-electron chi connectivity index (χ4n) is 2.54. The Kier molecular flexibility index (Phi) is 3.72. The largest absolute Gasteiger partial charge is 0.370 e. The molecule has 10 nitrogen and oxygen atoms in total. The number of aromatic nitrogens is 4. The predicted molar refractivity (Wildman–Crippen MR) is 80.6 cm³/mol. The third kappa shape index (κ3) is 2.57. The highest BCUT2D eigenvalue weighted by Gasteiger charge is 2.48. The third-order valence-corrected chi connectivity index (χ3v) is 3.91. The Bertz CT molecular complexity index is 787. The van der Waals surface area contributed by atoms with Crippen molar-refractivity contribution in [1.29, 1.82) is 0 Å². The molecular formula is C14H15N7O3. The van der Waals surface area contributed by atoms with Crippen molar-refractivity contribution in [2.75, 3.05) is 6.54 Å². The number of urea groups is 1. The van der Waals surface area contributed by atoms with Gasteiger partial charge in [0.25, 0.3) is 5.91 Å². The maximum Gasteiger partial charge on any atom is 0.325 e. The highest BCUT2D eigenvalue weighted by atomic mass is 16.2. The van der Waals surface area contributed by atoms with E-state index in [0.717, 1.165) is 10.6 Å². The van der Waals surface area contributed by atoms with Crippen molar-refractivity contribution < 1.29 is 14.4 Å². The standard InChI is InChI=1S/C14H15N7O3/c1-14(12(23)20(13(24)17-14)7-6-11(15)22)9-2-4-10(5-3-9)21-8-16-18-19-21/h2-5,8H,6-7H2,1H3,(H2,15,22)(H,17,24)/t14-/m1/s1. The van der Waals surface area contributed by atoms with E-state index in [4.69, 9.17) is 5.73 Å². The molecule has 124 valence electrons. The molecular weight excluding hydrogens is 314 g/mol. The normalized spacial score (nSPS) is 20.3. The molecule has 1 aliphatic rings. The summed E-state index contributed by atoms with van der Waals surface area (Å²) in [5.41, 5.74) is 5.20. The smallest absolute Gasteiger partial charge is 0.325 e. The monoisotopic (exact) mass is 329 g/mol. The predicted octanol–water partition coefficient (Wildman–Crippen LogP) is -0.695. The Morgan fingerprint density at radius 2 is 2.00 bits per heavy atom. The van der Waals surface area contributed by atoms with Crippen LogP contribution in [0.5, 0.6) is 0 Å². The average molecular weight is 329 g/mol. The summed E-state index contributed by atoms with van der Waals surface area (Å²) < 4.78 is 1.47. The molecule has 0 spiro atoms. The lowest BCUT2D eigenvalue weighted by Crippen LogP contribution is -2.41. The molecule has 1 saturated heterocycles. The zero-order chi connectivity index (χ0) is 17.3. The maximum atomic E-state index is 12.6. The number of primary amides is 1. The molecule has 0 radical (unpaired) electrons. The van der Waals surface area contributed by atoms with Gasteiger partial charge in [-0.15, -0.1) is 5.10 Å². The van der Waals surface area contributed by atoms with Crippen LogP contribution >= 0.6 is 0 Å². The number of imide groups is 1. The molecule has 1 aromatic carbocycles. The summed E-state index contributed by atoms with van der Waals surface area (Å²) in [6.45, 7) is 1.57. The molecule has 24 heavy (non-hydrogen) atoms. The number of rotatable bonds is 5. The van der Waals surface area contributed by atoms with Crippen LogP contribution in [0, 0.1) is 0 Å².